The second-order valence-corrected chi connectivity index (χ2v) is 5.32. The van der Waals surface area contributed by atoms with E-state index in [0.717, 1.165) is 14.5 Å². The Balaban J connectivity index is 2.58. The molecule has 0 saturated heterocycles. The molecule has 1 rings (SSSR count). The summed E-state index contributed by atoms with van der Waals surface area (Å²) in [5.41, 5.74) is 1.04. The Kier molecular flexibility index (Phi) is 6.30. The maximum absolute atomic E-state index is 11.4. The topological polar surface area (TPSA) is 64.6 Å². The number of hydrogen-bond acceptors (Lipinski definition) is 4. The first-order chi connectivity index (χ1) is 8.93. The van der Waals surface area contributed by atoms with Crippen LogP contribution in [0.15, 0.2) is 21.1 Å². The van der Waals surface area contributed by atoms with E-state index in [9.17, 15) is 9.59 Å². The molecule has 5 nitrogen and oxygen atoms in total. The van der Waals surface area contributed by atoms with Gasteiger partial charge in [-0.25, -0.2) is 4.79 Å². The summed E-state index contributed by atoms with van der Waals surface area (Å²) in [4.78, 5) is 22.4. The van der Waals surface area contributed by atoms with Crippen molar-refractivity contribution in [1.29, 1.82) is 0 Å². The number of amides is 2. The van der Waals surface area contributed by atoms with Crippen molar-refractivity contribution in [2.75, 3.05) is 13.2 Å². The van der Waals surface area contributed by atoms with E-state index in [1.54, 1.807) is 6.92 Å². The molecule has 0 saturated carbocycles. The number of carbonyl (C=O) groups excluding carboxylic acids is 2. The lowest BCUT2D eigenvalue weighted by molar-refractivity contribution is -0.122. The number of rotatable bonds is 4. The molecule has 0 aliphatic rings. The average Bonchev–Trinajstić information content (AvgIpc) is 2.27. The zero-order valence-electron chi connectivity index (χ0n) is 10.5. The Morgan fingerprint density at radius 2 is 1.84 bits per heavy atom. The first-order valence-electron chi connectivity index (χ1n) is 5.49. The molecule has 0 radical (unpaired) electrons. The van der Waals surface area contributed by atoms with Gasteiger partial charge in [-0.1, -0.05) is 0 Å². The van der Waals surface area contributed by atoms with Crippen LogP contribution in [0.1, 0.15) is 12.5 Å². The minimum Gasteiger partial charge on any atom is -0.481 e. The minimum absolute atomic E-state index is 0.203. The van der Waals surface area contributed by atoms with E-state index in [1.807, 2.05) is 24.4 Å². The van der Waals surface area contributed by atoms with Gasteiger partial charge in [0.15, 0.2) is 6.61 Å². The molecule has 1 aromatic carbocycles. The van der Waals surface area contributed by atoms with Crippen LogP contribution in [0.3, 0.4) is 0 Å². The van der Waals surface area contributed by atoms with Crippen molar-refractivity contribution < 1.29 is 19.1 Å². The van der Waals surface area contributed by atoms with Gasteiger partial charge in [0, 0.05) is 0 Å². The highest BCUT2D eigenvalue weighted by atomic mass is 79.9. The van der Waals surface area contributed by atoms with Gasteiger partial charge in [0.2, 0.25) is 0 Å². The van der Waals surface area contributed by atoms with Crippen molar-refractivity contribution in [2.45, 2.75) is 13.8 Å². The van der Waals surface area contributed by atoms with E-state index in [0.29, 0.717) is 5.75 Å². The molecule has 1 N–H and O–H groups in total. The van der Waals surface area contributed by atoms with Crippen LogP contribution in [0.5, 0.6) is 5.75 Å². The monoisotopic (exact) mass is 393 g/mol. The molecule has 104 valence electrons. The quantitative estimate of drug-likeness (QED) is 0.851. The lowest BCUT2D eigenvalue weighted by Crippen LogP contribution is -2.34. The SMILES string of the molecule is CCOC(=O)NC(=O)COc1c(Br)cc(C)cc1Br. The van der Waals surface area contributed by atoms with Crippen LogP contribution in [0, 0.1) is 6.92 Å². The van der Waals surface area contributed by atoms with Crippen molar-refractivity contribution >= 4 is 43.9 Å². The van der Waals surface area contributed by atoms with E-state index in [1.165, 1.54) is 0 Å². The summed E-state index contributed by atoms with van der Waals surface area (Å²) in [6.07, 6.45) is -0.780. The first kappa shape index (κ1) is 16.0. The third kappa shape index (κ3) is 5.20. The second-order valence-electron chi connectivity index (χ2n) is 3.62. The maximum Gasteiger partial charge on any atom is 0.413 e. The zero-order chi connectivity index (χ0) is 14.4. The molecular formula is C12H13Br2NO4. The normalized spacial score (nSPS) is 9.89. The van der Waals surface area contributed by atoms with Crippen molar-refractivity contribution in [3.63, 3.8) is 0 Å². The van der Waals surface area contributed by atoms with E-state index >= 15 is 0 Å². The van der Waals surface area contributed by atoms with Gasteiger partial charge in [-0.2, -0.15) is 0 Å². The summed E-state index contributed by atoms with van der Waals surface area (Å²) >= 11 is 6.69. The summed E-state index contributed by atoms with van der Waals surface area (Å²) in [5.74, 6) is -0.0672. The molecule has 0 aromatic heterocycles. The van der Waals surface area contributed by atoms with Crippen LogP contribution < -0.4 is 10.1 Å². The van der Waals surface area contributed by atoms with Crippen LogP contribution in [-0.4, -0.2) is 25.2 Å². The number of imide groups is 1. The molecule has 0 aliphatic heterocycles. The molecule has 2 amide bonds. The number of benzene rings is 1. The molecule has 19 heavy (non-hydrogen) atoms. The number of ether oxygens (including phenoxy) is 2. The number of carbonyl (C=O) groups is 2. The predicted molar refractivity (Wildman–Crippen MR) is 77.2 cm³/mol. The third-order valence-corrected chi connectivity index (χ3v) is 3.19. The zero-order valence-corrected chi connectivity index (χ0v) is 13.6. The molecule has 0 bridgehead atoms. The van der Waals surface area contributed by atoms with Gasteiger partial charge < -0.3 is 9.47 Å². The fraction of sp³-hybridized carbons (Fsp3) is 0.333. The summed E-state index contributed by atoms with van der Waals surface area (Å²) in [6.45, 7) is 3.52. The van der Waals surface area contributed by atoms with Crippen molar-refractivity contribution in [3.05, 3.63) is 26.6 Å². The van der Waals surface area contributed by atoms with Crippen molar-refractivity contribution in [3.8, 4) is 5.75 Å². The van der Waals surface area contributed by atoms with Crippen molar-refractivity contribution in [2.24, 2.45) is 0 Å². The highest BCUT2D eigenvalue weighted by Gasteiger charge is 2.12. The third-order valence-electron chi connectivity index (χ3n) is 2.01. The Labute approximate surface area is 127 Å². The standard InChI is InChI=1S/C12H13Br2NO4/c1-3-18-12(17)15-10(16)6-19-11-8(13)4-7(2)5-9(11)14/h4-5H,3,6H2,1-2H3,(H,15,16,17). The van der Waals surface area contributed by atoms with Gasteiger partial charge in [-0.05, 0) is 63.4 Å². The predicted octanol–water partition coefficient (Wildman–Crippen LogP) is 3.17. The maximum atomic E-state index is 11.4. The van der Waals surface area contributed by atoms with Gasteiger partial charge in [-0.15, -0.1) is 0 Å². The number of nitrogens with one attached hydrogen (secondary N) is 1. The smallest absolute Gasteiger partial charge is 0.413 e. The molecule has 7 heteroatoms. The molecule has 0 fully saturated rings. The van der Waals surface area contributed by atoms with Gasteiger partial charge in [0.25, 0.3) is 5.91 Å². The number of alkyl carbamates (subject to hydrolysis) is 1. The van der Waals surface area contributed by atoms with Gasteiger partial charge in [0.1, 0.15) is 5.75 Å². The second kappa shape index (κ2) is 7.49. The lowest BCUT2D eigenvalue weighted by atomic mass is 10.2. The number of aryl methyl sites for hydroxylation is 1. The van der Waals surface area contributed by atoms with E-state index in [4.69, 9.17) is 4.74 Å². The van der Waals surface area contributed by atoms with E-state index < -0.39 is 12.0 Å². The Morgan fingerprint density at radius 1 is 1.26 bits per heavy atom. The Morgan fingerprint density at radius 3 is 2.37 bits per heavy atom. The fourth-order valence-corrected chi connectivity index (χ4v) is 2.92. The van der Waals surface area contributed by atoms with Crippen LogP contribution in [0.4, 0.5) is 4.79 Å². The summed E-state index contributed by atoms with van der Waals surface area (Å²) < 4.78 is 11.4. The first-order valence-corrected chi connectivity index (χ1v) is 7.07. The summed E-state index contributed by atoms with van der Waals surface area (Å²) in [5, 5.41) is 2.05. The molecule has 0 atom stereocenters. The van der Waals surface area contributed by atoms with Crippen molar-refractivity contribution in [1.82, 2.24) is 5.32 Å². The molecule has 0 unspecified atom stereocenters. The largest absolute Gasteiger partial charge is 0.481 e. The highest BCUT2D eigenvalue weighted by molar-refractivity contribution is 9.11. The molecule has 0 spiro atoms. The minimum atomic E-state index is -0.780. The molecule has 0 aliphatic carbocycles. The average molecular weight is 395 g/mol. The highest BCUT2D eigenvalue weighted by Crippen LogP contribution is 2.34. The number of hydrogen-bond donors (Lipinski definition) is 1. The number of halogens is 2. The fourth-order valence-electron chi connectivity index (χ4n) is 1.28. The Bertz CT molecular complexity index is 468. The van der Waals surface area contributed by atoms with Crippen LogP contribution in [-0.2, 0) is 9.53 Å². The molecule has 0 heterocycles. The van der Waals surface area contributed by atoms with Gasteiger partial charge in [0.05, 0.1) is 15.6 Å². The van der Waals surface area contributed by atoms with Crippen LogP contribution >= 0.6 is 31.9 Å². The molecular weight excluding hydrogens is 382 g/mol. The van der Waals surface area contributed by atoms with Gasteiger partial charge in [-0.3, -0.25) is 10.1 Å². The lowest BCUT2D eigenvalue weighted by Gasteiger charge is -2.11. The van der Waals surface area contributed by atoms with E-state index in [-0.39, 0.29) is 13.2 Å². The molecule has 1 aromatic rings. The summed E-state index contributed by atoms with van der Waals surface area (Å²) in [6, 6.07) is 3.73. The Hall–Kier alpha value is -1.08. The van der Waals surface area contributed by atoms with Crippen LogP contribution in [0.2, 0.25) is 0 Å². The van der Waals surface area contributed by atoms with E-state index in [2.05, 4.69) is 36.6 Å². The van der Waals surface area contributed by atoms with Gasteiger partial charge >= 0.3 is 6.09 Å². The van der Waals surface area contributed by atoms with Crippen LogP contribution in [0.25, 0.3) is 0 Å². The summed E-state index contributed by atoms with van der Waals surface area (Å²) in [7, 11) is 0.